The molecule has 0 saturated heterocycles. The number of rotatable bonds is 5. The first kappa shape index (κ1) is 13.0. The highest BCUT2D eigenvalue weighted by Crippen LogP contribution is 2.19. The van der Waals surface area contributed by atoms with Gasteiger partial charge in [0.25, 0.3) is 0 Å². The lowest BCUT2D eigenvalue weighted by Gasteiger charge is -2.06. The van der Waals surface area contributed by atoms with Gasteiger partial charge < -0.3 is 4.74 Å². The van der Waals surface area contributed by atoms with E-state index in [1.165, 1.54) is 0 Å². The standard InChI is InChI=1S/C13H17ClO2/c1-3-5-11-7-6-10(8-12(11)14)9-13(15)16-4-2/h6-8H,3-5,9H2,1-2H3. The van der Waals surface area contributed by atoms with Gasteiger partial charge >= 0.3 is 5.97 Å². The quantitative estimate of drug-likeness (QED) is 0.738. The fraction of sp³-hybridized carbons (Fsp3) is 0.462. The van der Waals surface area contributed by atoms with E-state index in [2.05, 4.69) is 6.92 Å². The summed E-state index contributed by atoms with van der Waals surface area (Å²) >= 11 is 6.12. The summed E-state index contributed by atoms with van der Waals surface area (Å²) in [5.41, 5.74) is 2.04. The van der Waals surface area contributed by atoms with Gasteiger partial charge in [0.05, 0.1) is 13.0 Å². The molecule has 0 atom stereocenters. The highest BCUT2D eigenvalue weighted by Gasteiger charge is 2.06. The van der Waals surface area contributed by atoms with Crippen LogP contribution in [0.1, 0.15) is 31.4 Å². The molecule has 1 rings (SSSR count). The summed E-state index contributed by atoms with van der Waals surface area (Å²) in [4.78, 5) is 11.3. The van der Waals surface area contributed by atoms with Gasteiger partial charge in [0.1, 0.15) is 0 Å². The Bertz CT molecular complexity index is 361. The first-order chi connectivity index (χ1) is 7.67. The molecule has 0 heterocycles. The molecule has 0 spiro atoms. The molecule has 0 aliphatic rings. The SMILES string of the molecule is CCCc1ccc(CC(=O)OCC)cc1Cl. The second kappa shape index (κ2) is 6.54. The van der Waals surface area contributed by atoms with Crippen LogP contribution in [0.15, 0.2) is 18.2 Å². The third kappa shape index (κ3) is 3.86. The van der Waals surface area contributed by atoms with Gasteiger partial charge in [-0.15, -0.1) is 0 Å². The van der Waals surface area contributed by atoms with Crippen LogP contribution in [0.3, 0.4) is 0 Å². The molecule has 1 aromatic rings. The van der Waals surface area contributed by atoms with Gasteiger partial charge in [-0.1, -0.05) is 37.1 Å². The van der Waals surface area contributed by atoms with Crippen LogP contribution in [0.5, 0.6) is 0 Å². The van der Waals surface area contributed by atoms with Crippen LogP contribution in [0, 0.1) is 0 Å². The van der Waals surface area contributed by atoms with E-state index in [-0.39, 0.29) is 5.97 Å². The van der Waals surface area contributed by atoms with E-state index < -0.39 is 0 Å². The summed E-state index contributed by atoms with van der Waals surface area (Å²) in [6.45, 7) is 4.33. The molecule has 1 aromatic carbocycles. The van der Waals surface area contributed by atoms with E-state index in [1.807, 2.05) is 18.2 Å². The minimum absolute atomic E-state index is 0.207. The third-order valence-electron chi connectivity index (χ3n) is 2.29. The van der Waals surface area contributed by atoms with Gasteiger partial charge in [-0.2, -0.15) is 0 Å². The smallest absolute Gasteiger partial charge is 0.310 e. The molecule has 0 fully saturated rings. The van der Waals surface area contributed by atoms with Crippen molar-refractivity contribution in [3.63, 3.8) is 0 Å². The number of benzene rings is 1. The molecule has 0 unspecified atom stereocenters. The van der Waals surface area contributed by atoms with E-state index in [9.17, 15) is 4.79 Å². The van der Waals surface area contributed by atoms with Gasteiger partial charge in [0.2, 0.25) is 0 Å². The molecule has 0 radical (unpaired) electrons. The maximum Gasteiger partial charge on any atom is 0.310 e. The molecule has 16 heavy (non-hydrogen) atoms. The van der Waals surface area contributed by atoms with E-state index in [1.54, 1.807) is 6.92 Å². The van der Waals surface area contributed by atoms with Gasteiger partial charge in [0, 0.05) is 5.02 Å². The lowest BCUT2D eigenvalue weighted by Crippen LogP contribution is -2.07. The Balaban J connectivity index is 2.69. The van der Waals surface area contributed by atoms with Crippen molar-refractivity contribution in [1.29, 1.82) is 0 Å². The number of carbonyl (C=O) groups is 1. The van der Waals surface area contributed by atoms with E-state index in [0.29, 0.717) is 13.0 Å². The number of halogens is 1. The molecule has 0 aromatic heterocycles. The monoisotopic (exact) mass is 240 g/mol. The fourth-order valence-electron chi connectivity index (χ4n) is 1.55. The number of aryl methyl sites for hydroxylation is 1. The van der Waals surface area contributed by atoms with Crippen LogP contribution in [-0.2, 0) is 22.4 Å². The average molecular weight is 241 g/mol. The number of hydrogen-bond acceptors (Lipinski definition) is 2. The summed E-state index contributed by atoms with van der Waals surface area (Å²) < 4.78 is 4.88. The first-order valence-corrected chi connectivity index (χ1v) is 5.98. The van der Waals surface area contributed by atoms with Crippen LogP contribution in [0.4, 0.5) is 0 Å². The Hall–Kier alpha value is -1.02. The van der Waals surface area contributed by atoms with E-state index in [4.69, 9.17) is 16.3 Å². The maximum atomic E-state index is 11.3. The van der Waals surface area contributed by atoms with Gasteiger partial charge in [0.15, 0.2) is 0 Å². The molecule has 0 aliphatic heterocycles. The fourth-order valence-corrected chi connectivity index (χ4v) is 1.85. The number of esters is 1. The van der Waals surface area contributed by atoms with Crippen LogP contribution < -0.4 is 0 Å². The molecule has 3 heteroatoms. The molecular formula is C13H17ClO2. The van der Waals surface area contributed by atoms with Crippen LogP contribution >= 0.6 is 11.6 Å². The number of ether oxygens (including phenoxy) is 1. The zero-order valence-corrected chi connectivity index (χ0v) is 10.5. The van der Waals surface area contributed by atoms with E-state index >= 15 is 0 Å². The molecule has 0 aliphatic carbocycles. The first-order valence-electron chi connectivity index (χ1n) is 5.60. The van der Waals surface area contributed by atoms with Gasteiger partial charge in [-0.05, 0) is 30.5 Å². The van der Waals surface area contributed by atoms with Crippen molar-refractivity contribution in [2.24, 2.45) is 0 Å². The predicted molar refractivity (Wildman–Crippen MR) is 65.8 cm³/mol. The lowest BCUT2D eigenvalue weighted by atomic mass is 10.1. The van der Waals surface area contributed by atoms with Crippen LogP contribution in [-0.4, -0.2) is 12.6 Å². The highest BCUT2D eigenvalue weighted by molar-refractivity contribution is 6.31. The van der Waals surface area contributed by atoms with Crippen molar-refractivity contribution in [3.05, 3.63) is 34.3 Å². The van der Waals surface area contributed by atoms with Gasteiger partial charge in [-0.25, -0.2) is 0 Å². The topological polar surface area (TPSA) is 26.3 Å². The van der Waals surface area contributed by atoms with Crippen molar-refractivity contribution in [2.75, 3.05) is 6.61 Å². The molecule has 0 bridgehead atoms. The maximum absolute atomic E-state index is 11.3. The van der Waals surface area contributed by atoms with Crippen molar-refractivity contribution in [3.8, 4) is 0 Å². The Morgan fingerprint density at radius 3 is 2.69 bits per heavy atom. The molecule has 88 valence electrons. The Kier molecular flexibility index (Phi) is 5.33. The Morgan fingerprint density at radius 1 is 1.38 bits per heavy atom. The zero-order chi connectivity index (χ0) is 12.0. The minimum Gasteiger partial charge on any atom is -0.466 e. The Labute approximate surface area is 102 Å². The van der Waals surface area contributed by atoms with Crippen molar-refractivity contribution in [2.45, 2.75) is 33.1 Å². The normalized spacial score (nSPS) is 10.2. The average Bonchev–Trinajstić information content (AvgIpc) is 2.22. The highest BCUT2D eigenvalue weighted by atomic mass is 35.5. The zero-order valence-electron chi connectivity index (χ0n) is 9.75. The second-order valence-electron chi connectivity index (χ2n) is 3.66. The summed E-state index contributed by atoms with van der Waals surface area (Å²) in [6, 6.07) is 5.78. The second-order valence-corrected chi connectivity index (χ2v) is 4.06. The van der Waals surface area contributed by atoms with Crippen molar-refractivity contribution >= 4 is 17.6 Å². The van der Waals surface area contributed by atoms with E-state index in [0.717, 1.165) is 29.0 Å². The summed E-state index contributed by atoms with van der Waals surface area (Å²) in [7, 11) is 0. The largest absolute Gasteiger partial charge is 0.466 e. The van der Waals surface area contributed by atoms with Crippen molar-refractivity contribution < 1.29 is 9.53 Å². The molecular weight excluding hydrogens is 224 g/mol. The minimum atomic E-state index is -0.207. The molecule has 0 saturated carbocycles. The van der Waals surface area contributed by atoms with Crippen molar-refractivity contribution in [1.82, 2.24) is 0 Å². The molecule has 0 N–H and O–H groups in total. The summed E-state index contributed by atoms with van der Waals surface area (Å²) in [5.74, 6) is -0.207. The summed E-state index contributed by atoms with van der Waals surface area (Å²) in [5, 5.41) is 0.739. The number of carbonyl (C=O) groups excluding carboxylic acids is 1. The summed E-state index contributed by atoms with van der Waals surface area (Å²) in [6.07, 6.45) is 2.33. The molecule has 0 amide bonds. The predicted octanol–water partition coefficient (Wildman–Crippen LogP) is 3.40. The lowest BCUT2D eigenvalue weighted by molar-refractivity contribution is -0.142. The Morgan fingerprint density at radius 2 is 2.12 bits per heavy atom. The number of hydrogen-bond donors (Lipinski definition) is 0. The molecule has 2 nitrogen and oxygen atoms in total. The van der Waals surface area contributed by atoms with Gasteiger partial charge in [-0.3, -0.25) is 4.79 Å². The van der Waals surface area contributed by atoms with Crippen LogP contribution in [0.25, 0.3) is 0 Å². The third-order valence-corrected chi connectivity index (χ3v) is 2.64. The van der Waals surface area contributed by atoms with Crippen LogP contribution in [0.2, 0.25) is 5.02 Å².